The Hall–Kier alpha value is 0.310. The minimum Gasteiger partial charge on any atom is -0.392 e. The first-order valence-electron chi connectivity index (χ1n) is 4.71. The van der Waals surface area contributed by atoms with Crippen molar-refractivity contribution in [1.29, 1.82) is 0 Å². The fourth-order valence-corrected chi connectivity index (χ4v) is 1.61. The standard InChI is InChI=1S/C10H22OS/c1-5-12-8-9(11)6-7-10(2,3)4/h9,11H,5-8H2,1-4H3. The third kappa shape index (κ3) is 8.41. The first-order chi connectivity index (χ1) is 5.45. The molecule has 12 heavy (non-hydrogen) atoms. The molecular weight excluding hydrogens is 168 g/mol. The van der Waals surface area contributed by atoms with E-state index in [1.807, 2.05) is 11.8 Å². The summed E-state index contributed by atoms with van der Waals surface area (Å²) >= 11 is 1.82. The molecule has 0 aromatic heterocycles. The highest BCUT2D eigenvalue weighted by Gasteiger charge is 2.12. The van der Waals surface area contributed by atoms with Gasteiger partial charge >= 0.3 is 0 Å². The van der Waals surface area contributed by atoms with Crippen LogP contribution < -0.4 is 0 Å². The van der Waals surface area contributed by atoms with E-state index < -0.39 is 0 Å². The molecule has 0 spiro atoms. The molecule has 1 N–H and O–H groups in total. The van der Waals surface area contributed by atoms with Gasteiger partial charge in [-0.25, -0.2) is 0 Å². The molecule has 0 heterocycles. The number of hydrogen-bond acceptors (Lipinski definition) is 2. The first-order valence-corrected chi connectivity index (χ1v) is 5.87. The number of rotatable bonds is 5. The van der Waals surface area contributed by atoms with E-state index in [2.05, 4.69) is 27.7 Å². The number of thioether (sulfide) groups is 1. The van der Waals surface area contributed by atoms with E-state index in [1.165, 1.54) is 0 Å². The van der Waals surface area contributed by atoms with Gasteiger partial charge in [0, 0.05) is 5.75 Å². The molecule has 0 aromatic rings. The van der Waals surface area contributed by atoms with Crippen molar-refractivity contribution in [2.75, 3.05) is 11.5 Å². The van der Waals surface area contributed by atoms with Crippen LogP contribution in [-0.2, 0) is 0 Å². The van der Waals surface area contributed by atoms with Crippen LogP contribution in [0.5, 0.6) is 0 Å². The normalized spacial score (nSPS) is 14.8. The van der Waals surface area contributed by atoms with Crippen molar-refractivity contribution in [3.05, 3.63) is 0 Å². The van der Waals surface area contributed by atoms with E-state index in [0.717, 1.165) is 24.3 Å². The molecule has 0 aliphatic heterocycles. The number of aliphatic hydroxyl groups excluding tert-OH is 1. The lowest BCUT2D eigenvalue weighted by Gasteiger charge is -2.19. The molecule has 0 aliphatic carbocycles. The highest BCUT2D eigenvalue weighted by Crippen LogP contribution is 2.22. The molecule has 0 bridgehead atoms. The van der Waals surface area contributed by atoms with Crippen molar-refractivity contribution in [3.63, 3.8) is 0 Å². The second kappa shape index (κ2) is 5.87. The predicted molar refractivity (Wildman–Crippen MR) is 57.7 cm³/mol. The molecule has 0 saturated carbocycles. The second-order valence-corrected chi connectivity index (χ2v) is 5.73. The van der Waals surface area contributed by atoms with Crippen LogP contribution in [0.2, 0.25) is 0 Å². The third-order valence-corrected chi connectivity index (χ3v) is 2.77. The van der Waals surface area contributed by atoms with Gasteiger partial charge in [0.15, 0.2) is 0 Å². The fraction of sp³-hybridized carbons (Fsp3) is 1.00. The van der Waals surface area contributed by atoms with Gasteiger partial charge in [0.25, 0.3) is 0 Å². The smallest absolute Gasteiger partial charge is 0.0630 e. The van der Waals surface area contributed by atoms with Crippen molar-refractivity contribution in [2.24, 2.45) is 5.41 Å². The van der Waals surface area contributed by atoms with Gasteiger partial charge in [-0.05, 0) is 24.0 Å². The zero-order chi connectivity index (χ0) is 9.61. The van der Waals surface area contributed by atoms with Gasteiger partial charge in [0.05, 0.1) is 6.10 Å². The Bertz CT molecular complexity index is 107. The van der Waals surface area contributed by atoms with Gasteiger partial charge in [-0.1, -0.05) is 27.7 Å². The van der Waals surface area contributed by atoms with E-state index in [1.54, 1.807) is 0 Å². The van der Waals surface area contributed by atoms with Crippen LogP contribution in [0.4, 0.5) is 0 Å². The van der Waals surface area contributed by atoms with Crippen LogP contribution in [0.1, 0.15) is 40.5 Å². The lowest BCUT2D eigenvalue weighted by atomic mass is 9.89. The van der Waals surface area contributed by atoms with Gasteiger partial charge in [-0.3, -0.25) is 0 Å². The van der Waals surface area contributed by atoms with E-state index in [0.29, 0.717) is 5.41 Å². The van der Waals surface area contributed by atoms with Gasteiger partial charge in [-0.15, -0.1) is 0 Å². The molecule has 0 aromatic carbocycles. The Labute approximate surface area is 80.9 Å². The SMILES string of the molecule is CCSCC(O)CCC(C)(C)C. The summed E-state index contributed by atoms with van der Waals surface area (Å²) in [6.07, 6.45) is 1.95. The van der Waals surface area contributed by atoms with Gasteiger partial charge in [-0.2, -0.15) is 11.8 Å². The first kappa shape index (κ1) is 12.3. The summed E-state index contributed by atoms with van der Waals surface area (Å²) in [7, 11) is 0. The summed E-state index contributed by atoms with van der Waals surface area (Å²) in [6.45, 7) is 8.77. The maximum atomic E-state index is 9.52. The van der Waals surface area contributed by atoms with E-state index in [-0.39, 0.29) is 6.10 Å². The van der Waals surface area contributed by atoms with E-state index in [9.17, 15) is 5.11 Å². The summed E-state index contributed by atoms with van der Waals surface area (Å²) in [6, 6.07) is 0. The molecule has 0 rings (SSSR count). The number of aliphatic hydroxyl groups is 1. The van der Waals surface area contributed by atoms with Crippen LogP contribution >= 0.6 is 11.8 Å². The van der Waals surface area contributed by atoms with Gasteiger partial charge < -0.3 is 5.11 Å². The average Bonchev–Trinajstić information content (AvgIpc) is 1.95. The van der Waals surface area contributed by atoms with E-state index in [4.69, 9.17) is 0 Å². The molecule has 1 unspecified atom stereocenters. The fourth-order valence-electron chi connectivity index (χ4n) is 0.937. The lowest BCUT2D eigenvalue weighted by molar-refractivity contribution is 0.167. The molecule has 0 saturated heterocycles. The monoisotopic (exact) mass is 190 g/mol. The molecule has 74 valence electrons. The zero-order valence-electron chi connectivity index (χ0n) is 8.76. The summed E-state index contributed by atoms with van der Waals surface area (Å²) in [5.74, 6) is 2.00. The van der Waals surface area contributed by atoms with Crippen molar-refractivity contribution in [2.45, 2.75) is 46.6 Å². The summed E-state index contributed by atoms with van der Waals surface area (Å²) in [5, 5.41) is 9.52. The van der Waals surface area contributed by atoms with Crippen LogP contribution in [0.3, 0.4) is 0 Å². The Balaban J connectivity index is 3.37. The highest BCUT2D eigenvalue weighted by molar-refractivity contribution is 7.99. The molecule has 0 radical (unpaired) electrons. The topological polar surface area (TPSA) is 20.2 Å². The van der Waals surface area contributed by atoms with Crippen LogP contribution in [0, 0.1) is 5.41 Å². The second-order valence-electron chi connectivity index (χ2n) is 4.41. The van der Waals surface area contributed by atoms with Crippen LogP contribution in [-0.4, -0.2) is 22.7 Å². The van der Waals surface area contributed by atoms with E-state index >= 15 is 0 Å². The van der Waals surface area contributed by atoms with Gasteiger partial charge in [0.2, 0.25) is 0 Å². The maximum Gasteiger partial charge on any atom is 0.0630 e. The quantitative estimate of drug-likeness (QED) is 0.719. The third-order valence-electron chi connectivity index (χ3n) is 1.74. The molecular formula is C10H22OS. The summed E-state index contributed by atoms with van der Waals surface area (Å²) < 4.78 is 0. The van der Waals surface area contributed by atoms with Crippen LogP contribution in [0.25, 0.3) is 0 Å². The minimum atomic E-state index is -0.103. The molecule has 0 aliphatic rings. The Morgan fingerprint density at radius 3 is 2.33 bits per heavy atom. The Morgan fingerprint density at radius 1 is 1.33 bits per heavy atom. The molecule has 2 heteroatoms. The molecule has 1 atom stereocenters. The average molecular weight is 190 g/mol. The predicted octanol–water partition coefficient (Wildman–Crippen LogP) is 2.93. The lowest BCUT2D eigenvalue weighted by Crippen LogP contribution is -2.15. The van der Waals surface area contributed by atoms with Crippen molar-refractivity contribution >= 4 is 11.8 Å². The van der Waals surface area contributed by atoms with Crippen molar-refractivity contribution < 1.29 is 5.11 Å². The van der Waals surface area contributed by atoms with Crippen molar-refractivity contribution in [1.82, 2.24) is 0 Å². The summed E-state index contributed by atoms with van der Waals surface area (Å²) in [4.78, 5) is 0. The maximum absolute atomic E-state index is 9.52. The summed E-state index contributed by atoms with van der Waals surface area (Å²) in [5.41, 5.74) is 0.359. The largest absolute Gasteiger partial charge is 0.392 e. The Kier molecular flexibility index (Phi) is 6.02. The minimum absolute atomic E-state index is 0.103. The van der Waals surface area contributed by atoms with Crippen LogP contribution in [0.15, 0.2) is 0 Å². The van der Waals surface area contributed by atoms with Gasteiger partial charge in [0.1, 0.15) is 0 Å². The molecule has 0 fully saturated rings. The zero-order valence-corrected chi connectivity index (χ0v) is 9.58. The number of hydrogen-bond donors (Lipinski definition) is 1. The molecule has 1 nitrogen and oxygen atoms in total. The molecule has 0 amide bonds. The highest BCUT2D eigenvalue weighted by atomic mass is 32.2. The van der Waals surface area contributed by atoms with Crippen molar-refractivity contribution in [3.8, 4) is 0 Å². The Morgan fingerprint density at radius 2 is 1.92 bits per heavy atom.